The quantitative estimate of drug-likeness (QED) is 0.0391. The Balaban J connectivity index is 1.35. The summed E-state index contributed by atoms with van der Waals surface area (Å²) in [6.45, 7) is 8.07. The van der Waals surface area contributed by atoms with Crippen LogP contribution in [-0.4, -0.2) is 93.5 Å². The summed E-state index contributed by atoms with van der Waals surface area (Å²) in [5.41, 5.74) is 17.4. The number of nitrogens with two attached hydrogens (primary N) is 2. The third-order valence-electron chi connectivity index (χ3n) is 9.72. The van der Waals surface area contributed by atoms with E-state index in [0.29, 0.717) is 39.9 Å². The SMILES string of the molecule is CCCCNc1nc(N)nc2ccc(Cc3ccc(C[N+](C)(C)Cc4ccc(NC(=O)[C@H](CCCNC(N)=O)NC(=O)[C@@H](NC(=O)CCC(=O)O)C(C)C)cc4)cc3)nc12. The molecular formula is C43H60N11O6+. The maximum absolute atomic E-state index is 13.5. The van der Waals surface area contributed by atoms with Crippen LogP contribution in [0.15, 0.2) is 60.7 Å². The average molecular weight is 827 g/mol. The molecule has 0 saturated carbocycles. The zero-order chi connectivity index (χ0) is 43.8. The first-order chi connectivity index (χ1) is 28.5. The first-order valence-electron chi connectivity index (χ1n) is 20.3. The van der Waals surface area contributed by atoms with Gasteiger partial charge in [0.2, 0.25) is 23.7 Å². The first kappa shape index (κ1) is 46.3. The Labute approximate surface area is 351 Å². The molecule has 322 valence electrons. The number of hydrogen-bond donors (Lipinski definition) is 8. The second-order valence-corrected chi connectivity index (χ2v) is 16.0. The Morgan fingerprint density at radius 1 is 0.783 bits per heavy atom. The molecule has 0 fully saturated rings. The van der Waals surface area contributed by atoms with Crippen molar-refractivity contribution in [1.29, 1.82) is 0 Å². The molecule has 5 amide bonds. The average Bonchev–Trinajstić information content (AvgIpc) is 3.18. The highest BCUT2D eigenvalue weighted by Crippen LogP contribution is 2.22. The van der Waals surface area contributed by atoms with Gasteiger partial charge >= 0.3 is 12.0 Å². The predicted octanol–water partition coefficient (Wildman–Crippen LogP) is 4.06. The molecule has 0 unspecified atom stereocenters. The van der Waals surface area contributed by atoms with Crippen molar-refractivity contribution in [2.45, 2.75) is 90.9 Å². The van der Waals surface area contributed by atoms with Crippen LogP contribution in [0.5, 0.6) is 0 Å². The van der Waals surface area contributed by atoms with E-state index in [1.54, 1.807) is 26.0 Å². The summed E-state index contributed by atoms with van der Waals surface area (Å²) in [4.78, 5) is 74.9. The third kappa shape index (κ3) is 15.1. The number of pyridine rings is 1. The monoisotopic (exact) mass is 826 g/mol. The number of carbonyl (C=O) groups is 5. The van der Waals surface area contributed by atoms with Gasteiger partial charge in [-0.2, -0.15) is 4.98 Å². The van der Waals surface area contributed by atoms with Crippen LogP contribution in [0.4, 0.5) is 22.2 Å². The number of benzene rings is 2. The van der Waals surface area contributed by atoms with Crippen molar-refractivity contribution in [2.75, 3.05) is 43.6 Å². The molecule has 2 heterocycles. The number of quaternary nitrogens is 1. The molecule has 10 N–H and O–H groups in total. The molecule has 2 atom stereocenters. The maximum Gasteiger partial charge on any atom is 0.312 e. The highest BCUT2D eigenvalue weighted by atomic mass is 16.4. The molecule has 0 radical (unpaired) electrons. The molecule has 4 aromatic rings. The Kier molecular flexibility index (Phi) is 17.1. The summed E-state index contributed by atoms with van der Waals surface area (Å²) in [5.74, 6) is -2.27. The number of hydrogen-bond acceptors (Lipinski definition) is 10. The van der Waals surface area contributed by atoms with Crippen molar-refractivity contribution in [3.63, 3.8) is 0 Å². The third-order valence-corrected chi connectivity index (χ3v) is 9.72. The van der Waals surface area contributed by atoms with Crippen molar-refractivity contribution < 1.29 is 33.6 Å². The number of aromatic nitrogens is 3. The molecule has 0 saturated heterocycles. The smallest absolute Gasteiger partial charge is 0.312 e. The van der Waals surface area contributed by atoms with E-state index in [2.05, 4.69) is 81.8 Å². The fourth-order valence-electron chi connectivity index (χ4n) is 6.67. The Morgan fingerprint density at radius 3 is 2.05 bits per heavy atom. The number of nitrogens with one attached hydrogen (secondary N) is 5. The van der Waals surface area contributed by atoms with Crippen LogP contribution >= 0.6 is 0 Å². The minimum atomic E-state index is -1.13. The molecule has 0 aliphatic carbocycles. The summed E-state index contributed by atoms with van der Waals surface area (Å²) < 4.78 is 0.672. The zero-order valence-corrected chi connectivity index (χ0v) is 35.2. The lowest BCUT2D eigenvalue weighted by Crippen LogP contribution is -2.54. The molecule has 0 aliphatic rings. The van der Waals surface area contributed by atoms with Crippen LogP contribution in [-0.2, 0) is 38.7 Å². The van der Waals surface area contributed by atoms with Crippen molar-refractivity contribution in [1.82, 2.24) is 30.9 Å². The van der Waals surface area contributed by atoms with Crippen LogP contribution in [0.2, 0.25) is 0 Å². The Morgan fingerprint density at radius 2 is 1.43 bits per heavy atom. The normalized spacial score (nSPS) is 12.4. The number of urea groups is 1. The number of carbonyl (C=O) groups excluding carboxylic acids is 4. The molecule has 60 heavy (non-hydrogen) atoms. The van der Waals surface area contributed by atoms with Gasteiger partial charge in [0.15, 0.2) is 5.82 Å². The molecule has 17 nitrogen and oxygen atoms in total. The fourth-order valence-corrected chi connectivity index (χ4v) is 6.67. The van der Waals surface area contributed by atoms with Crippen LogP contribution < -0.4 is 38.1 Å². The lowest BCUT2D eigenvalue weighted by Gasteiger charge is -2.30. The van der Waals surface area contributed by atoms with Gasteiger partial charge in [-0.1, -0.05) is 63.6 Å². The van der Waals surface area contributed by atoms with E-state index < -0.39 is 41.8 Å². The van der Waals surface area contributed by atoms with E-state index in [4.69, 9.17) is 21.6 Å². The maximum atomic E-state index is 13.5. The Bertz CT molecular complexity index is 2090. The number of primary amides is 1. The van der Waals surface area contributed by atoms with Crippen molar-refractivity contribution in [2.24, 2.45) is 11.7 Å². The van der Waals surface area contributed by atoms with E-state index >= 15 is 0 Å². The van der Waals surface area contributed by atoms with E-state index in [1.807, 2.05) is 24.3 Å². The summed E-state index contributed by atoms with van der Waals surface area (Å²) >= 11 is 0. The summed E-state index contributed by atoms with van der Waals surface area (Å²) in [6.07, 6.45) is 2.57. The molecule has 2 aromatic heterocycles. The van der Waals surface area contributed by atoms with Gasteiger partial charge in [0, 0.05) is 48.4 Å². The number of nitrogens with zero attached hydrogens (tertiary/aromatic N) is 4. The van der Waals surface area contributed by atoms with Crippen LogP contribution in [0.3, 0.4) is 0 Å². The lowest BCUT2D eigenvalue weighted by molar-refractivity contribution is -0.916. The zero-order valence-electron chi connectivity index (χ0n) is 35.2. The van der Waals surface area contributed by atoms with E-state index in [1.165, 1.54) is 5.56 Å². The predicted molar refractivity (Wildman–Crippen MR) is 231 cm³/mol. The van der Waals surface area contributed by atoms with Crippen LogP contribution in [0.1, 0.15) is 81.7 Å². The topological polar surface area (TPSA) is 256 Å². The first-order valence-corrected chi connectivity index (χ1v) is 20.3. The van der Waals surface area contributed by atoms with Gasteiger partial charge < -0.3 is 47.6 Å². The summed E-state index contributed by atoms with van der Waals surface area (Å²) in [7, 11) is 4.31. The van der Waals surface area contributed by atoms with Gasteiger partial charge in [0.25, 0.3) is 0 Å². The number of amides is 5. The molecule has 0 bridgehead atoms. The molecular weight excluding hydrogens is 767 g/mol. The lowest BCUT2D eigenvalue weighted by atomic mass is 10.0. The Hall–Kier alpha value is -6.36. The van der Waals surface area contributed by atoms with Crippen molar-refractivity contribution in [3.8, 4) is 0 Å². The van der Waals surface area contributed by atoms with Crippen molar-refractivity contribution in [3.05, 3.63) is 83.0 Å². The number of unbranched alkanes of at least 4 members (excludes halogenated alkanes) is 1. The second kappa shape index (κ2) is 22.1. The van der Waals surface area contributed by atoms with Crippen LogP contribution in [0, 0.1) is 5.92 Å². The molecule has 0 aliphatic heterocycles. The number of nitrogen functional groups attached to an aromatic ring is 1. The molecule has 0 spiro atoms. The number of carboxylic acids is 1. The second-order valence-electron chi connectivity index (χ2n) is 16.0. The van der Waals surface area contributed by atoms with Crippen molar-refractivity contribution >= 4 is 58.2 Å². The standard InChI is InChI=1S/C43H59N11O6/c1-6-7-22-46-39-38-33(51-42(44)53-39)19-18-32(48-38)24-28-10-12-29(13-11-28)25-54(4,5)26-30-14-16-31(17-15-30)49-40(58)34(9-8-23-47-43(45)60)50-41(59)37(27(2)3)52-35(55)20-21-36(56)57/h10-19,27,34,37H,6-9,20-26H2,1-5H3,(H9-,44,45,46,47,49,50,51,52,53,55,56,57,58,59,60)/p+1/t34-,37-/m0/s1. The summed E-state index contributed by atoms with van der Waals surface area (Å²) in [6, 6.07) is 17.3. The molecule has 4 rings (SSSR count). The summed E-state index contributed by atoms with van der Waals surface area (Å²) in [5, 5.41) is 22.9. The molecule has 2 aromatic carbocycles. The van der Waals surface area contributed by atoms with E-state index in [0.717, 1.165) is 49.3 Å². The van der Waals surface area contributed by atoms with Gasteiger partial charge in [0.1, 0.15) is 30.7 Å². The minimum absolute atomic E-state index is 0.170. The van der Waals surface area contributed by atoms with Gasteiger partial charge in [-0.25, -0.2) is 14.8 Å². The largest absolute Gasteiger partial charge is 0.481 e. The van der Waals surface area contributed by atoms with Gasteiger partial charge in [0.05, 0.1) is 26.0 Å². The van der Waals surface area contributed by atoms with Gasteiger partial charge in [-0.15, -0.1) is 0 Å². The fraction of sp³-hybridized carbons (Fsp3) is 0.442. The number of rotatable bonds is 23. The highest BCUT2D eigenvalue weighted by Gasteiger charge is 2.29. The van der Waals surface area contributed by atoms with Crippen LogP contribution in [0.25, 0.3) is 11.0 Å². The number of aliphatic carboxylic acids is 1. The van der Waals surface area contributed by atoms with E-state index in [9.17, 15) is 24.0 Å². The molecule has 17 heteroatoms. The number of fused-ring (bicyclic) bond motifs is 1. The number of carboxylic acid groups (broad SMARTS) is 1. The van der Waals surface area contributed by atoms with Gasteiger partial charge in [-0.05, 0) is 55.0 Å². The number of anilines is 3. The van der Waals surface area contributed by atoms with E-state index in [-0.39, 0.29) is 37.7 Å². The van der Waals surface area contributed by atoms with Gasteiger partial charge in [-0.3, -0.25) is 19.2 Å². The minimum Gasteiger partial charge on any atom is -0.481 e. The highest BCUT2D eigenvalue weighted by molar-refractivity contribution is 5.98.